The highest BCUT2D eigenvalue weighted by atomic mass is 16.5. The Kier molecular flexibility index (Phi) is 3.46. The molecule has 18 heavy (non-hydrogen) atoms. The van der Waals surface area contributed by atoms with Gasteiger partial charge in [0.15, 0.2) is 5.96 Å². The first kappa shape index (κ1) is 12.3. The van der Waals surface area contributed by atoms with Crippen molar-refractivity contribution in [2.24, 2.45) is 10.7 Å². The zero-order valence-electron chi connectivity index (χ0n) is 11.2. The van der Waals surface area contributed by atoms with Crippen LogP contribution in [-0.4, -0.2) is 42.2 Å². The van der Waals surface area contributed by atoms with E-state index in [0.717, 1.165) is 32.1 Å². The zero-order chi connectivity index (χ0) is 12.4. The highest BCUT2D eigenvalue weighted by Crippen LogP contribution is 2.35. The highest BCUT2D eigenvalue weighted by molar-refractivity contribution is 5.81. The molecular formula is C14H25N3O. The Hall–Kier alpha value is -0.770. The molecule has 1 atom stereocenters. The average molecular weight is 251 g/mol. The lowest BCUT2D eigenvalue weighted by atomic mass is 9.89. The second-order valence-electron chi connectivity index (χ2n) is 6.07. The first-order valence-corrected chi connectivity index (χ1v) is 7.49. The molecule has 0 aromatic rings. The topological polar surface area (TPSA) is 50.9 Å². The van der Waals surface area contributed by atoms with Crippen LogP contribution in [-0.2, 0) is 4.74 Å². The normalized spacial score (nSPS) is 34.7. The van der Waals surface area contributed by atoms with Crippen LogP contribution in [0.4, 0.5) is 0 Å². The summed E-state index contributed by atoms with van der Waals surface area (Å²) in [5.41, 5.74) is 6.28. The molecule has 2 N–H and O–H groups in total. The van der Waals surface area contributed by atoms with Gasteiger partial charge in [0.1, 0.15) is 0 Å². The van der Waals surface area contributed by atoms with Gasteiger partial charge in [-0.2, -0.15) is 0 Å². The highest BCUT2D eigenvalue weighted by Gasteiger charge is 2.46. The molecule has 3 aliphatic rings. The van der Waals surface area contributed by atoms with Crippen LogP contribution in [0.3, 0.4) is 0 Å². The van der Waals surface area contributed by atoms with E-state index in [0.29, 0.717) is 6.04 Å². The molecule has 4 nitrogen and oxygen atoms in total. The maximum Gasteiger partial charge on any atom is 0.192 e. The fourth-order valence-electron chi connectivity index (χ4n) is 3.87. The number of hydrogen-bond acceptors (Lipinski definition) is 4. The molecule has 1 unspecified atom stereocenters. The summed E-state index contributed by atoms with van der Waals surface area (Å²) in [5.74, 6) is 0.771. The van der Waals surface area contributed by atoms with Crippen LogP contribution in [0.2, 0.25) is 0 Å². The molecule has 4 heteroatoms. The van der Waals surface area contributed by atoms with Gasteiger partial charge in [0.2, 0.25) is 0 Å². The average Bonchev–Trinajstić information content (AvgIpc) is 2.61. The van der Waals surface area contributed by atoms with Crippen LogP contribution in [0.25, 0.3) is 0 Å². The van der Waals surface area contributed by atoms with Gasteiger partial charge in [-0.05, 0) is 25.7 Å². The number of nitrogens with two attached hydrogens (primary N) is 1. The Morgan fingerprint density at radius 3 is 2.61 bits per heavy atom. The third-order valence-corrected chi connectivity index (χ3v) is 4.78. The summed E-state index contributed by atoms with van der Waals surface area (Å²) < 4.78 is 5.74. The molecule has 0 amide bonds. The summed E-state index contributed by atoms with van der Waals surface area (Å²) in [6.45, 7) is 2.56. The van der Waals surface area contributed by atoms with Crippen molar-refractivity contribution in [1.29, 1.82) is 0 Å². The van der Waals surface area contributed by atoms with Crippen LogP contribution in [0, 0.1) is 0 Å². The molecular weight excluding hydrogens is 226 g/mol. The summed E-state index contributed by atoms with van der Waals surface area (Å²) in [6.07, 6.45) is 10.3. The Labute approximate surface area is 110 Å². The summed E-state index contributed by atoms with van der Waals surface area (Å²) in [7, 11) is 0. The van der Waals surface area contributed by atoms with Gasteiger partial charge in [-0.25, -0.2) is 0 Å². The first-order chi connectivity index (χ1) is 8.82. The summed E-state index contributed by atoms with van der Waals surface area (Å²) in [6, 6.07) is 0.598. The van der Waals surface area contributed by atoms with Crippen molar-refractivity contribution >= 4 is 5.96 Å². The van der Waals surface area contributed by atoms with E-state index in [4.69, 9.17) is 10.5 Å². The number of hydrogen-bond donors (Lipinski definition) is 1. The molecule has 0 aromatic carbocycles. The molecule has 0 radical (unpaired) electrons. The number of nitrogens with zero attached hydrogens (tertiary/aromatic N) is 2. The fraction of sp³-hybridized carbons (Fsp3) is 0.929. The monoisotopic (exact) mass is 251 g/mol. The van der Waals surface area contributed by atoms with Crippen molar-refractivity contribution in [3.8, 4) is 0 Å². The van der Waals surface area contributed by atoms with Crippen molar-refractivity contribution < 1.29 is 4.74 Å². The van der Waals surface area contributed by atoms with E-state index in [1.54, 1.807) is 0 Å². The Bertz CT molecular complexity index is 315. The molecule has 102 valence electrons. The summed E-state index contributed by atoms with van der Waals surface area (Å²) in [5, 5.41) is 0. The third kappa shape index (κ3) is 2.11. The quantitative estimate of drug-likeness (QED) is 0.724. The minimum Gasteiger partial charge on any atom is -0.379 e. The molecule has 1 aliphatic carbocycles. The Morgan fingerprint density at radius 2 is 1.94 bits per heavy atom. The zero-order valence-corrected chi connectivity index (χ0v) is 11.2. The minimum atomic E-state index is 0.0946. The third-order valence-electron chi connectivity index (χ3n) is 4.78. The first-order valence-electron chi connectivity index (χ1n) is 7.49. The number of aliphatic imine (C=N–C) groups is 1. The summed E-state index contributed by atoms with van der Waals surface area (Å²) >= 11 is 0. The Balaban J connectivity index is 1.79. The van der Waals surface area contributed by atoms with Crippen molar-refractivity contribution in [3.63, 3.8) is 0 Å². The maximum absolute atomic E-state index is 6.19. The van der Waals surface area contributed by atoms with Crippen molar-refractivity contribution in [2.45, 2.75) is 62.9 Å². The van der Waals surface area contributed by atoms with E-state index >= 15 is 0 Å². The molecule has 1 saturated carbocycles. The molecule has 2 aliphatic heterocycles. The summed E-state index contributed by atoms with van der Waals surface area (Å²) in [4.78, 5) is 6.98. The van der Waals surface area contributed by atoms with Crippen LogP contribution in [0.1, 0.15) is 51.4 Å². The van der Waals surface area contributed by atoms with Crippen LogP contribution >= 0.6 is 0 Å². The molecule has 0 aromatic heterocycles. The van der Waals surface area contributed by atoms with Gasteiger partial charge in [-0.3, -0.25) is 4.99 Å². The molecule has 3 rings (SSSR count). The molecule has 2 heterocycles. The SMILES string of the molecule is NC1=NCC2(CCCOC2)N1C1CCCCCC1. The fourth-order valence-corrected chi connectivity index (χ4v) is 3.87. The van der Waals surface area contributed by atoms with Gasteiger partial charge in [-0.15, -0.1) is 0 Å². The van der Waals surface area contributed by atoms with Crippen molar-refractivity contribution in [1.82, 2.24) is 4.90 Å². The van der Waals surface area contributed by atoms with Gasteiger partial charge in [0, 0.05) is 12.6 Å². The van der Waals surface area contributed by atoms with E-state index in [1.165, 1.54) is 44.9 Å². The van der Waals surface area contributed by atoms with Gasteiger partial charge in [-0.1, -0.05) is 25.7 Å². The van der Waals surface area contributed by atoms with Crippen LogP contribution in [0.15, 0.2) is 4.99 Å². The van der Waals surface area contributed by atoms with E-state index in [2.05, 4.69) is 9.89 Å². The standard InChI is InChI=1S/C14H25N3O/c15-13-16-10-14(8-5-9-18-11-14)17(13)12-6-3-1-2-4-7-12/h12H,1-11H2,(H2,15,16). The van der Waals surface area contributed by atoms with E-state index < -0.39 is 0 Å². The number of guanidine groups is 1. The number of rotatable bonds is 1. The molecule has 2 fully saturated rings. The second kappa shape index (κ2) is 5.08. The molecule has 1 saturated heterocycles. The Morgan fingerprint density at radius 1 is 1.17 bits per heavy atom. The molecule has 1 spiro atoms. The van der Waals surface area contributed by atoms with Gasteiger partial charge < -0.3 is 15.4 Å². The van der Waals surface area contributed by atoms with E-state index in [-0.39, 0.29) is 5.54 Å². The van der Waals surface area contributed by atoms with Crippen LogP contribution in [0.5, 0.6) is 0 Å². The van der Waals surface area contributed by atoms with E-state index in [1.807, 2.05) is 0 Å². The van der Waals surface area contributed by atoms with Crippen molar-refractivity contribution in [2.75, 3.05) is 19.8 Å². The van der Waals surface area contributed by atoms with Crippen molar-refractivity contribution in [3.05, 3.63) is 0 Å². The smallest absolute Gasteiger partial charge is 0.192 e. The minimum absolute atomic E-state index is 0.0946. The lowest BCUT2D eigenvalue weighted by Gasteiger charge is -2.45. The van der Waals surface area contributed by atoms with Crippen LogP contribution < -0.4 is 5.73 Å². The maximum atomic E-state index is 6.19. The van der Waals surface area contributed by atoms with E-state index in [9.17, 15) is 0 Å². The number of ether oxygens (including phenoxy) is 1. The predicted molar refractivity (Wildman–Crippen MR) is 72.6 cm³/mol. The van der Waals surface area contributed by atoms with Gasteiger partial charge in [0.05, 0.1) is 18.7 Å². The lowest BCUT2D eigenvalue weighted by molar-refractivity contribution is -0.0242. The predicted octanol–water partition coefficient (Wildman–Crippen LogP) is 1.89. The largest absolute Gasteiger partial charge is 0.379 e. The van der Waals surface area contributed by atoms with Gasteiger partial charge in [0.25, 0.3) is 0 Å². The lowest BCUT2D eigenvalue weighted by Crippen LogP contribution is -2.59. The second-order valence-corrected chi connectivity index (χ2v) is 6.07. The van der Waals surface area contributed by atoms with Gasteiger partial charge >= 0.3 is 0 Å². The molecule has 0 bridgehead atoms.